The Kier molecular flexibility index (Phi) is 4.66. The number of para-hydroxylation sites is 1. The van der Waals surface area contributed by atoms with Gasteiger partial charge in [-0.3, -0.25) is 14.6 Å². The number of pyridine rings is 1. The summed E-state index contributed by atoms with van der Waals surface area (Å²) in [6, 6.07) is 11.5. The molecule has 2 amide bonds. The number of ether oxygens (including phenoxy) is 1. The zero-order valence-electron chi connectivity index (χ0n) is 15.4. The molecule has 1 aromatic carbocycles. The van der Waals surface area contributed by atoms with Crippen LogP contribution < -0.4 is 4.90 Å². The van der Waals surface area contributed by atoms with Gasteiger partial charge in [0, 0.05) is 31.2 Å². The van der Waals surface area contributed by atoms with Crippen molar-refractivity contribution in [2.45, 2.75) is 25.4 Å². The van der Waals surface area contributed by atoms with Gasteiger partial charge in [0.25, 0.3) is 11.8 Å². The van der Waals surface area contributed by atoms with Gasteiger partial charge in [0.2, 0.25) is 0 Å². The number of hydrogen-bond acceptors (Lipinski definition) is 4. The maximum Gasteiger partial charge on any atom is 0.255 e. The van der Waals surface area contributed by atoms with Crippen LogP contribution in [0.1, 0.15) is 28.8 Å². The summed E-state index contributed by atoms with van der Waals surface area (Å²) in [4.78, 5) is 32.9. The van der Waals surface area contributed by atoms with E-state index in [9.17, 15) is 9.59 Å². The standard InChI is InChI=1S/C21H23N3O3/c1-16-7-10-22-13-18(16)20(26)23-11-8-21(9-12-23)15-24(19(25)14-27-21)17-5-3-2-4-6-17/h2-7,10,13H,8-9,11-12,14-15H2,1H3. The third kappa shape index (κ3) is 3.45. The predicted octanol–water partition coefficient (Wildman–Crippen LogP) is 2.43. The normalized spacial score (nSPS) is 19.4. The van der Waals surface area contributed by atoms with Crippen LogP contribution in [-0.2, 0) is 9.53 Å². The largest absolute Gasteiger partial charge is 0.363 e. The lowest BCUT2D eigenvalue weighted by molar-refractivity contribution is -0.143. The van der Waals surface area contributed by atoms with Gasteiger partial charge in [-0.1, -0.05) is 18.2 Å². The molecule has 0 saturated carbocycles. The van der Waals surface area contributed by atoms with E-state index in [0.717, 1.165) is 11.3 Å². The van der Waals surface area contributed by atoms with Crippen molar-refractivity contribution in [3.8, 4) is 0 Å². The van der Waals surface area contributed by atoms with Gasteiger partial charge in [-0.2, -0.15) is 0 Å². The first-order chi connectivity index (χ1) is 13.1. The summed E-state index contributed by atoms with van der Waals surface area (Å²) in [5.41, 5.74) is 2.10. The number of hydrogen-bond donors (Lipinski definition) is 0. The second-order valence-electron chi connectivity index (χ2n) is 7.27. The molecule has 140 valence electrons. The van der Waals surface area contributed by atoms with Crippen LogP contribution in [0.2, 0.25) is 0 Å². The molecule has 6 heteroatoms. The van der Waals surface area contributed by atoms with Crippen molar-refractivity contribution in [1.29, 1.82) is 0 Å². The lowest BCUT2D eigenvalue weighted by atomic mass is 9.88. The molecule has 0 atom stereocenters. The molecule has 0 aliphatic carbocycles. The van der Waals surface area contributed by atoms with Crippen LogP contribution >= 0.6 is 0 Å². The highest BCUT2D eigenvalue weighted by Crippen LogP contribution is 2.33. The van der Waals surface area contributed by atoms with Gasteiger partial charge in [0.1, 0.15) is 6.61 Å². The van der Waals surface area contributed by atoms with Crippen molar-refractivity contribution in [2.75, 3.05) is 31.1 Å². The van der Waals surface area contributed by atoms with Crippen molar-refractivity contribution in [2.24, 2.45) is 0 Å². The Balaban J connectivity index is 1.46. The molecule has 2 aliphatic heterocycles. The van der Waals surface area contributed by atoms with Crippen LogP contribution in [0.25, 0.3) is 0 Å². The molecule has 0 N–H and O–H groups in total. The smallest absolute Gasteiger partial charge is 0.255 e. The number of rotatable bonds is 2. The van der Waals surface area contributed by atoms with E-state index >= 15 is 0 Å². The van der Waals surface area contributed by atoms with Crippen molar-refractivity contribution in [1.82, 2.24) is 9.88 Å². The molecular formula is C21H23N3O3. The van der Waals surface area contributed by atoms with Gasteiger partial charge in [0.15, 0.2) is 0 Å². The van der Waals surface area contributed by atoms with Crippen molar-refractivity contribution < 1.29 is 14.3 Å². The van der Waals surface area contributed by atoms with E-state index in [1.54, 1.807) is 12.4 Å². The summed E-state index contributed by atoms with van der Waals surface area (Å²) in [5, 5.41) is 0. The maximum absolute atomic E-state index is 12.8. The number of aryl methyl sites for hydroxylation is 1. The van der Waals surface area contributed by atoms with Crippen LogP contribution in [0.5, 0.6) is 0 Å². The molecule has 3 heterocycles. The van der Waals surface area contributed by atoms with E-state index in [0.29, 0.717) is 38.0 Å². The van der Waals surface area contributed by atoms with Crippen LogP contribution in [0, 0.1) is 6.92 Å². The van der Waals surface area contributed by atoms with E-state index in [-0.39, 0.29) is 24.0 Å². The summed E-state index contributed by atoms with van der Waals surface area (Å²) in [6.07, 6.45) is 4.76. The summed E-state index contributed by atoms with van der Waals surface area (Å²) >= 11 is 0. The van der Waals surface area contributed by atoms with Crippen molar-refractivity contribution in [3.05, 3.63) is 59.9 Å². The lowest BCUT2D eigenvalue weighted by Gasteiger charge is -2.47. The second kappa shape index (κ2) is 7.12. The number of piperidine rings is 1. The summed E-state index contributed by atoms with van der Waals surface area (Å²) < 4.78 is 5.99. The minimum Gasteiger partial charge on any atom is -0.363 e. The molecule has 0 unspecified atom stereocenters. The topological polar surface area (TPSA) is 62.7 Å². The average Bonchev–Trinajstić information content (AvgIpc) is 2.71. The zero-order chi connectivity index (χ0) is 18.9. The molecule has 1 spiro atoms. The van der Waals surface area contributed by atoms with Crippen molar-refractivity contribution in [3.63, 3.8) is 0 Å². The lowest BCUT2D eigenvalue weighted by Crippen LogP contribution is -2.59. The number of anilines is 1. The Bertz CT molecular complexity index is 845. The Morgan fingerprint density at radius 3 is 2.59 bits per heavy atom. The van der Waals surface area contributed by atoms with E-state index in [2.05, 4.69) is 4.98 Å². The summed E-state index contributed by atoms with van der Waals surface area (Å²) in [6.45, 7) is 3.77. The molecule has 1 aromatic heterocycles. The molecule has 6 nitrogen and oxygen atoms in total. The third-order valence-electron chi connectivity index (χ3n) is 5.55. The van der Waals surface area contributed by atoms with Crippen LogP contribution in [0.4, 0.5) is 5.69 Å². The number of aromatic nitrogens is 1. The number of likely N-dealkylation sites (tertiary alicyclic amines) is 1. The Hall–Kier alpha value is -2.73. The van der Waals surface area contributed by atoms with E-state index in [1.807, 2.05) is 53.1 Å². The monoisotopic (exact) mass is 365 g/mol. The molecule has 2 fully saturated rings. The molecule has 4 rings (SSSR count). The minimum absolute atomic E-state index is 0.0160. The SMILES string of the molecule is Cc1ccncc1C(=O)N1CCC2(CC1)CN(c1ccccc1)C(=O)CO2. The molecular weight excluding hydrogens is 342 g/mol. The molecule has 2 aromatic rings. The van der Waals surface area contributed by atoms with Gasteiger partial charge in [0.05, 0.1) is 17.7 Å². The quantitative estimate of drug-likeness (QED) is 0.820. The van der Waals surface area contributed by atoms with Gasteiger partial charge in [-0.05, 0) is 43.5 Å². The van der Waals surface area contributed by atoms with Gasteiger partial charge >= 0.3 is 0 Å². The molecule has 0 radical (unpaired) electrons. The van der Waals surface area contributed by atoms with Crippen molar-refractivity contribution >= 4 is 17.5 Å². The average molecular weight is 365 g/mol. The number of carbonyl (C=O) groups excluding carboxylic acids is 2. The predicted molar refractivity (Wildman–Crippen MR) is 102 cm³/mol. The van der Waals surface area contributed by atoms with E-state index in [1.165, 1.54) is 0 Å². The number of morpholine rings is 1. The molecule has 2 saturated heterocycles. The molecule has 27 heavy (non-hydrogen) atoms. The van der Waals surface area contributed by atoms with Crippen LogP contribution in [0.15, 0.2) is 48.8 Å². The number of carbonyl (C=O) groups is 2. The van der Waals surface area contributed by atoms with Gasteiger partial charge in [-0.15, -0.1) is 0 Å². The molecule has 0 bridgehead atoms. The Morgan fingerprint density at radius 1 is 1.15 bits per heavy atom. The fourth-order valence-electron chi connectivity index (χ4n) is 3.84. The number of amides is 2. The van der Waals surface area contributed by atoms with Gasteiger partial charge < -0.3 is 14.5 Å². The fraction of sp³-hybridized carbons (Fsp3) is 0.381. The summed E-state index contributed by atoms with van der Waals surface area (Å²) in [7, 11) is 0. The maximum atomic E-state index is 12.8. The highest BCUT2D eigenvalue weighted by atomic mass is 16.5. The first-order valence-corrected chi connectivity index (χ1v) is 9.27. The highest BCUT2D eigenvalue weighted by Gasteiger charge is 2.43. The van der Waals surface area contributed by atoms with E-state index in [4.69, 9.17) is 4.74 Å². The highest BCUT2D eigenvalue weighted by molar-refractivity contribution is 5.96. The first kappa shape index (κ1) is 17.7. The molecule has 2 aliphatic rings. The zero-order valence-corrected chi connectivity index (χ0v) is 15.4. The second-order valence-corrected chi connectivity index (χ2v) is 7.27. The van der Waals surface area contributed by atoms with Crippen LogP contribution in [0.3, 0.4) is 0 Å². The van der Waals surface area contributed by atoms with Gasteiger partial charge in [-0.25, -0.2) is 0 Å². The minimum atomic E-state index is -0.384. The first-order valence-electron chi connectivity index (χ1n) is 9.27. The fourth-order valence-corrected chi connectivity index (χ4v) is 3.84. The Morgan fingerprint density at radius 2 is 1.89 bits per heavy atom. The number of nitrogens with zero attached hydrogens (tertiary/aromatic N) is 3. The third-order valence-corrected chi connectivity index (χ3v) is 5.55. The number of benzene rings is 1. The van der Waals surface area contributed by atoms with E-state index < -0.39 is 0 Å². The van der Waals surface area contributed by atoms with Crippen LogP contribution in [-0.4, -0.2) is 53.5 Å². The Labute approximate surface area is 158 Å². The summed E-state index contributed by atoms with van der Waals surface area (Å²) in [5.74, 6) is -0.00133.